The Hall–Kier alpha value is -1.44. The minimum Gasteiger partial charge on any atom is -0.379 e. The van der Waals surface area contributed by atoms with E-state index in [1.54, 1.807) is 23.1 Å². The number of hydrogen-bond donors (Lipinski definition) is 1. The first-order valence-corrected chi connectivity index (χ1v) is 7.64. The second-order valence-electron chi connectivity index (χ2n) is 3.66. The molecule has 0 saturated heterocycles. The average Bonchev–Trinajstić information content (AvgIpc) is 2.90. The fourth-order valence-corrected chi connectivity index (χ4v) is 3.10. The van der Waals surface area contributed by atoms with Crippen LogP contribution in [-0.4, -0.2) is 5.75 Å². The molecule has 0 aliphatic carbocycles. The third-order valence-corrected chi connectivity index (χ3v) is 4.29. The maximum Gasteiger partial charge on any atom is 0.102 e. The topological polar surface area (TPSA) is 35.8 Å². The van der Waals surface area contributed by atoms with Crippen LogP contribution in [0.2, 0.25) is 0 Å². The van der Waals surface area contributed by atoms with E-state index in [0.29, 0.717) is 0 Å². The molecule has 1 aromatic heterocycles. The molecule has 4 heteroatoms. The van der Waals surface area contributed by atoms with Crippen molar-refractivity contribution in [2.75, 3.05) is 11.1 Å². The van der Waals surface area contributed by atoms with Gasteiger partial charge in [-0.3, -0.25) is 0 Å². The number of thioether (sulfide) groups is 1. The largest absolute Gasteiger partial charge is 0.379 e. The quantitative estimate of drug-likeness (QED) is 0.824. The van der Waals surface area contributed by atoms with E-state index in [2.05, 4.69) is 29.8 Å². The lowest BCUT2D eigenvalue weighted by molar-refractivity contribution is 1.18. The lowest BCUT2D eigenvalue weighted by Crippen LogP contribution is -2.00. The van der Waals surface area contributed by atoms with Gasteiger partial charge in [0.05, 0.1) is 11.3 Å². The summed E-state index contributed by atoms with van der Waals surface area (Å²) in [5.74, 6) is 0.975. The highest BCUT2D eigenvalue weighted by Crippen LogP contribution is 2.28. The highest BCUT2D eigenvalue weighted by atomic mass is 32.2. The molecule has 0 unspecified atom stereocenters. The van der Waals surface area contributed by atoms with Crippen LogP contribution in [0, 0.1) is 11.3 Å². The van der Waals surface area contributed by atoms with Crippen molar-refractivity contribution in [3.63, 3.8) is 0 Å². The Labute approximate surface area is 116 Å². The van der Waals surface area contributed by atoms with Crippen LogP contribution in [0.1, 0.15) is 17.4 Å². The zero-order valence-corrected chi connectivity index (χ0v) is 11.8. The van der Waals surface area contributed by atoms with Crippen molar-refractivity contribution in [1.29, 1.82) is 5.26 Å². The van der Waals surface area contributed by atoms with Crippen LogP contribution in [0.4, 0.5) is 5.69 Å². The van der Waals surface area contributed by atoms with E-state index in [1.165, 1.54) is 4.88 Å². The molecule has 1 aromatic carbocycles. The van der Waals surface area contributed by atoms with Gasteiger partial charge in [-0.05, 0) is 29.3 Å². The predicted molar refractivity (Wildman–Crippen MR) is 79.2 cm³/mol. The molecule has 0 saturated carbocycles. The first-order chi connectivity index (χ1) is 8.85. The minimum absolute atomic E-state index is 0.751. The molecular weight excluding hydrogens is 260 g/mol. The summed E-state index contributed by atoms with van der Waals surface area (Å²) < 4.78 is 0. The fourth-order valence-electron chi connectivity index (χ4n) is 1.67. The Morgan fingerprint density at radius 3 is 2.89 bits per heavy atom. The van der Waals surface area contributed by atoms with E-state index in [9.17, 15) is 5.26 Å². The van der Waals surface area contributed by atoms with Gasteiger partial charge in [0.15, 0.2) is 0 Å². The first kappa shape index (κ1) is 13.0. The molecule has 92 valence electrons. The van der Waals surface area contributed by atoms with Crippen molar-refractivity contribution in [1.82, 2.24) is 0 Å². The summed E-state index contributed by atoms with van der Waals surface area (Å²) in [6.45, 7) is 2.87. The van der Waals surface area contributed by atoms with Gasteiger partial charge in [0.25, 0.3) is 0 Å². The standard InChI is InChI=1S/C14H14N2S2/c1-2-17-14-7-3-6-13(12(14)9-15)16-10-11-5-4-8-18-11/h3-8,16H,2,10H2,1H3. The number of rotatable bonds is 5. The molecule has 1 N–H and O–H groups in total. The maximum absolute atomic E-state index is 9.28. The van der Waals surface area contributed by atoms with E-state index in [4.69, 9.17) is 0 Å². The van der Waals surface area contributed by atoms with Crippen molar-refractivity contribution < 1.29 is 0 Å². The molecule has 1 heterocycles. The normalized spacial score (nSPS) is 10.0. The number of anilines is 1. The zero-order chi connectivity index (χ0) is 12.8. The molecule has 18 heavy (non-hydrogen) atoms. The lowest BCUT2D eigenvalue weighted by Gasteiger charge is -2.10. The molecule has 0 fully saturated rings. The lowest BCUT2D eigenvalue weighted by atomic mass is 10.2. The highest BCUT2D eigenvalue weighted by molar-refractivity contribution is 7.99. The predicted octanol–water partition coefficient (Wildman–Crippen LogP) is 4.34. The number of nitrogens with zero attached hydrogens (tertiary/aromatic N) is 1. The summed E-state index contributed by atoms with van der Waals surface area (Å²) in [6, 6.07) is 12.4. The number of nitrogens with one attached hydrogen (secondary N) is 1. The van der Waals surface area contributed by atoms with Crippen molar-refractivity contribution in [3.05, 3.63) is 46.2 Å². The Kier molecular flexibility index (Phi) is 4.68. The zero-order valence-electron chi connectivity index (χ0n) is 10.1. The summed E-state index contributed by atoms with van der Waals surface area (Å²) >= 11 is 3.42. The maximum atomic E-state index is 9.28. The van der Waals surface area contributed by atoms with Gasteiger partial charge in [-0.2, -0.15) is 5.26 Å². The van der Waals surface area contributed by atoms with Crippen LogP contribution in [0.25, 0.3) is 0 Å². The molecule has 2 nitrogen and oxygen atoms in total. The first-order valence-electron chi connectivity index (χ1n) is 5.77. The van der Waals surface area contributed by atoms with Gasteiger partial charge < -0.3 is 5.32 Å². The number of benzene rings is 1. The Morgan fingerprint density at radius 1 is 1.33 bits per heavy atom. The van der Waals surface area contributed by atoms with E-state index in [0.717, 1.165) is 28.4 Å². The highest BCUT2D eigenvalue weighted by Gasteiger charge is 2.07. The molecular formula is C14H14N2S2. The van der Waals surface area contributed by atoms with Crippen LogP contribution in [0.15, 0.2) is 40.6 Å². The molecule has 0 aliphatic heterocycles. The number of nitriles is 1. The van der Waals surface area contributed by atoms with E-state index in [1.807, 2.05) is 24.3 Å². The van der Waals surface area contributed by atoms with Crippen LogP contribution in [-0.2, 0) is 6.54 Å². The summed E-state index contributed by atoms with van der Waals surface area (Å²) in [7, 11) is 0. The average molecular weight is 274 g/mol. The Bertz CT molecular complexity index is 541. The van der Waals surface area contributed by atoms with Gasteiger partial charge in [0, 0.05) is 16.3 Å². The van der Waals surface area contributed by atoms with Crippen molar-refractivity contribution in [3.8, 4) is 6.07 Å². The molecule has 0 atom stereocenters. The molecule has 0 radical (unpaired) electrons. The molecule has 0 amide bonds. The summed E-state index contributed by atoms with van der Waals surface area (Å²) in [5.41, 5.74) is 1.67. The van der Waals surface area contributed by atoms with Crippen molar-refractivity contribution in [2.45, 2.75) is 18.4 Å². The number of hydrogen-bond acceptors (Lipinski definition) is 4. The number of thiophene rings is 1. The van der Waals surface area contributed by atoms with Crippen molar-refractivity contribution >= 4 is 28.8 Å². The van der Waals surface area contributed by atoms with E-state index >= 15 is 0 Å². The van der Waals surface area contributed by atoms with E-state index in [-0.39, 0.29) is 0 Å². The Balaban J connectivity index is 2.17. The third-order valence-electron chi connectivity index (χ3n) is 2.47. The van der Waals surface area contributed by atoms with E-state index < -0.39 is 0 Å². The Morgan fingerprint density at radius 2 is 2.22 bits per heavy atom. The molecule has 2 rings (SSSR count). The van der Waals surface area contributed by atoms with Gasteiger partial charge in [0.2, 0.25) is 0 Å². The summed E-state index contributed by atoms with van der Waals surface area (Å²) in [6.07, 6.45) is 0. The third kappa shape index (κ3) is 3.06. The van der Waals surface area contributed by atoms with Gasteiger partial charge in [-0.1, -0.05) is 19.1 Å². The molecule has 0 aliphatic rings. The second-order valence-corrected chi connectivity index (χ2v) is 5.99. The molecule has 0 bridgehead atoms. The van der Waals surface area contributed by atoms with Gasteiger partial charge >= 0.3 is 0 Å². The van der Waals surface area contributed by atoms with Crippen LogP contribution >= 0.6 is 23.1 Å². The minimum atomic E-state index is 0.751. The van der Waals surface area contributed by atoms with Gasteiger partial charge in [0.1, 0.15) is 6.07 Å². The molecule has 0 spiro atoms. The molecule has 2 aromatic rings. The van der Waals surface area contributed by atoms with Gasteiger partial charge in [-0.25, -0.2) is 0 Å². The van der Waals surface area contributed by atoms with Crippen LogP contribution < -0.4 is 5.32 Å². The van der Waals surface area contributed by atoms with Crippen LogP contribution in [0.3, 0.4) is 0 Å². The smallest absolute Gasteiger partial charge is 0.102 e. The summed E-state index contributed by atoms with van der Waals surface area (Å²) in [4.78, 5) is 2.32. The van der Waals surface area contributed by atoms with Crippen molar-refractivity contribution in [2.24, 2.45) is 0 Å². The van der Waals surface area contributed by atoms with Gasteiger partial charge in [-0.15, -0.1) is 23.1 Å². The van der Waals surface area contributed by atoms with Crippen LogP contribution in [0.5, 0.6) is 0 Å². The SMILES string of the molecule is CCSc1cccc(NCc2cccs2)c1C#N. The monoisotopic (exact) mass is 274 g/mol. The second kappa shape index (κ2) is 6.48. The fraction of sp³-hybridized carbons (Fsp3) is 0.214. The summed E-state index contributed by atoms with van der Waals surface area (Å²) in [5, 5.41) is 14.7.